The molecule has 1 aromatic carbocycles. The quantitative estimate of drug-likeness (QED) is 0.845. The second-order valence-corrected chi connectivity index (χ2v) is 4.24. The molecule has 0 saturated heterocycles. The van der Waals surface area contributed by atoms with Crippen LogP contribution >= 0.6 is 12.4 Å². The first-order chi connectivity index (χ1) is 6.50. The van der Waals surface area contributed by atoms with Gasteiger partial charge in [0.05, 0.1) is 0 Å². The van der Waals surface area contributed by atoms with E-state index in [0.717, 1.165) is 17.5 Å². The molecule has 0 spiro atoms. The minimum atomic E-state index is -0.204. The lowest BCUT2D eigenvalue weighted by Gasteiger charge is -2.16. The summed E-state index contributed by atoms with van der Waals surface area (Å²) >= 11 is 0. The van der Waals surface area contributed by atoms with Crippen molar-refractivity contribution in [2.75, 3.05) is 0 Å². The molecule has 0 aliphatic rings. The zero-order valence-electron chi connectivity index (χ0n) is 9.46. The van der Waals surface area contributed by atoms with Crippen LogP contribution in [0.1, 0.15) is 37.4 Å². The van der Waals surface area contributed by atoms with Crippen molar-refractivity contribution in [2.45, 2.75) is 33.2 Å². The molecule has 1 rings (SSSR count). The molecule has 2 N–H and O–H groups in total. The molecule has 1 aromatic rings. The summed E-state index contributed by atoms with van der Waals surface area (Å²) in [6.07, 6.45) is 0.893. The van der Waals surface area contributed by atoms with Gasteiger partial charge in [-0.3, -0.25) is 0 Å². The van der Waals surface area contributed by atoms with Crippen molar-refractivity contribution in [1.29, 1.82) is 0 Å². The Kier molecular flexibility index (Phi) is 5.84. The van der Waals surface area contributed by atoms with Crippen molar-refractivity contribution in [3.63, 3.8) is 0 Å². The summed E-state index contributed by atoms with van der Waals surface area (Å²) in [4.78, 5) is 0. The fraction of sp³-hybridized carbons (Fsp3) is 0.500. The summed E-state index contributed by atoms with van der Waals surface area (Å²) in [5, 5.41) is 0. The van der Waals surface area contributed by atoms with E-state index in [1.807, 2.05) is 6.92 Å². The number of nitrogens with two attached hydrogens (primary N) is 1. The fourth-order valence-corrected chi connectivity index (χ4v) is 1.65. The predicted octanol–water partition coefficient (Wildman–Crippen LogP) is 3.60. The van der Waals surface area contributed by atoms with Crippen LogP contribution in [-0.2, 0) is 0 Å². The van der Waals surface area contributed by atoms with E-state index in [1.54, 1.807) is 12.1 Å². The van der Waals surface area contributed by atoms with Crippen LogP contribution in [0.4, 0.5) is 4.39 Å². The van der Waals surface area contributed by atoms with Gasteiger partial charge in [-0.2, -0.15) is 0 Å². The summed E-state index contributed by atoms with van der Waals surface area (Å²) in [5.74, 6) is 0.331. The highest BCUT2D eigenvalue weighted by atomic mass is 35.5. The normalized spacial score (nSPS) is 12.4. The number of aryl methyl sites for hydroxylation is 1. The molecule has 0 bridgehead atoms. The monoisotopic (exact) mass is 231 g/mol. The Bertz CT molecular complexity index is 312. The summed E-state index contributed by atoms with van der Waals surface area (Å²) < 4.78 is 13.0. The molecule has 3 heteroatoms. The van der Waals surface area contributed by atoms with Crippen molar-refractivity contribution in [1.82, 2.24) is 0 Å². The first-order valence-corrected chi connectivity index (χ1v) is 5.02. The van der Waals surface area contributed by atoms with E-state index < -0.39 is 0 Å². The highest BCUT2D eigenvalue weighted by Crippen LogP contribution is 2.22. The Hall–Kier alpha value is -0.600. The number of benzene rings is 1. The van der Waals surface area contributed by atoms with Gasteiger partial charge in [-0.15, -0.1) is 12.4 Å². The first kappa shape index (κ1) is 14.4. The Morgan fingerprint density at radius 2 is 1.93 bits per heavy atom. The first-order valence-electron chi connectivity index (χ1n) is 5.02. The van der Waals surface area contributed by atoms with Crippen molar-refractivity contribution < 1.29 is 4.39 Å². The smallest absolute Gasteiger partial charge is 0.123 e. The summed E-state index contributed by atoms with van der Waals surface area (Å²) in [5.41, 5.74) is 8.00. The largest absolute Gasteiger partial charge is 0.324 e. The van der Waals surface area contributed by atoms with Crippen LogP contribution in [0.5, 0.6) is 0 Å². The Labute approximate surface area is 97.3 Å². The minimum absolute atomic E-state index is 0. The Morgan fingerprint density at radius 3 is 2.47 bits per heavy atom. The van der Waals surface area contributed by atoms with E-state index in [9.17, 15) is 4.39 Å². The molecule has 0 fully saturated rings. The maximum absolute atomic E-state index is 13.0. The van der Waals surface area contributed by atoms with E-state index in [2.05, 4.69) is 13.8 Å². The molecular formula is C12H19ClFN. The summed E-state index contributed by atoms with van der Waals surface area (Å²) in [6.45, 7) is 6.21. The molecule has 0 unspecified atom stereocenters. The lowest BCUT2D eigenvalue weighted by atomic mass is 9.94. The standard InChI is InChI=1S/C12H18FN.ClH/c1-8(2)6-12(14)11-7-10(13)5-4-9(11)3;/h4-5,7-8,12H,6,14H2,1-3H3;1H/t12-;/m0./s1. The molecular weight excluding hydrogens is 213 g/mol. The second-order valence-electron chi connectivity index (χ2n) is 4.24. The summed E-state index contributed by atoms with van der Waals surface area (Å²) in [7, 11) is 0. The van der Waals surface area contributed by atoms with Crippen LogP contribution in [0.15, 0.2) is 18.2 Å². The van der Waals surface area contributed by atoms with Gasteiger partial charge in [0, 0.05) is 6.04 Å². The van der Waals surface area contributed by atoms with E-state index in [4.69, 9.17) is 5.73 Å². The molecule has 0 amide bonds. The van der Waals surface area contributed by atoms with E-state index >= 15 is 0 Å². The zero-order valence-corrected chi connectivity index (χ0v) is 10.3. The third-order valence-electron chi connectivity index (χ3n) is 2.37. The molecule has 0 radical (unpaired) electrons. The lowest BCUT2D eigenvalue weighted by Crippen LogP contribution is -2.14. The van der Waals surface area contributed by atoms with Crippen LogP contribution in [0.25, 0.3) is 0 Å². The Morgan fingerprint density at radius 1 is 1.33 bits per heavy atom. The molecule has 0 aliphatic carbocycles. The van der Waals surface area contributed by atoms with Gasteiger partial charge in [-0.25, -0.2) is 4.39 Å². The average Bonchev–Trinajstić information content (AvgIpc) is 2.08. The van der Waals surface area contributed by atoms with Gasteiger partial charge in [0.25, 0.3) is 0 Å². The highest BCUT2D eigenvalue weighted by Gasteiger charge is 2.11. The molecule has 0 aliphatic heterocycles. The van der Waals surface area contributed by atoms with Crippen molar-refractivity contribution in [3.05, 3.63) is 35.1 Å². The van der Waals surface area contributed by atoms with Gasteiger partial charge in [0.2, 0.25) is 0 Å². The molecule has 0 aromatic heterocycles. The van der Waals surface area contributed by atoms with Gasteiger partial charge >= 0.3 is 0 Å². The van der Waals surface area contributed by atoms with E-state index in [-0.39, 0.29) is 24.3 Å². The number of hydrogen-bond acceptors (Lipinski definition) is 1. The van der Waals surface area contributed by atoms with Crippen LogP contribution in [0, 0.1) is 18.7 Å². The molecule has 0 saturated carbocycles. The van der Waals surface area contributed by atoms with Gasteiger partial charge < -0.3 is 5.73 Å². The van der Waals surface area contributed by atoms with E-state index in [0.29, 0.717) is 5.92 Å². The maximum atomic E-state index is 13.0. The number of halogens is 2. The summed E-state index contributed by atoms with van der Waals surface area (Å²) in [6, 6.07) is 4.75. The van der Waals surface area contributed by atoms with Crippen LogP contribution in [0.3, 0.4) is 0 Å². The Balaban J connectivity index is 0.00000196. The fourth-order valence-electron chi connectivity index (χ4n) is 1.65. The van der Waals surface area contributed by atoms with Gasteiger partial charge in [0.1, 0.15) is 5.82 Å². The average molecular weight is 232 g/mol. The van der Waals surface area contributed by atoms with Crippen LogP contribution in [0.2, 0.25) is 0 Å². The number of hydrogen-bond donors (Lipinski definition) is 1. The zero-order chi connectivity index (χ0) is 10.7. The topological polar surface area (TPSA) is 26.0 Å². The SMILES string of the molecule is Cc1ccc(F)cc1[C@@H](N)CC(C)C.Cl. The van der Waals surface area contributed by atoms with E-state index in [1.165, 1.54) is 6.07 Å². The van der Waals surface area contributed by atoms with Crippen molar-refractivity contribution in [2.24, 2.45) is 11.7 Å². The predicted molar refractivity (Wildman–Crippen MR) is 64.8 cm³/mol. The molecule has 15 heavy (non-hydrogen) atoms. The van der Waals surface area contributed by atoms with Gasteiger partial charge in [0.15, 0.2) is 0 Å². The van der Waals surface area contributed by atoms with Crippen molar-refractivity contribution in [3.8, 4) is 0 Å². The van der Waals surface area contributed by atoms with Crippen molar-refractivity contribution >= 4 is 12.4 Å². The molecule has 1 atom stereocenters. The van der Waals surface area contributed by atoms with Gasteiger partial charge in [-0.1, -0.05) is 19.9 Å². The molecule has 0 heterocycles. The van der Waals surface area contributed by atoms with Crippen LogP contribution in [-0.4, -0.2) is 0 Å². The maximum Gasteiger partial charge on any atom is 0.123 e. The third-order valence-corrected chi connectivity index (χ3v) is 2.37. The minimum Gasteiger partial charge on any atom is -0.324 e. The lowest BCUT2D eigenvalue weighted by molar-refractivity contribution is 0.505. The second kappa shape index (κ2) is 6.09. The van der Waals surface area contributed by atoms with Gasteiger partial charge in [-0.05, 0) is 42.5 Å². The van der Waals surface area contributed by atoms with Crippen LogP contribution < -0.4 is 5.73 Å². The molecule has 1 nitrogen and oxygen atoms in total. The highest BCUT2D eigenvalue weighted by molar-refractivity contribution is 5.85. The number of rotatable bonds is 3. The third kappa shape index (κ3) is 4.18. The molecule has 86 valence electrons.